The lowest BCUT2D eigenvalue weighted by atomic mass is 10.2. The largest absolute Gasteiger partial charge is 0.444 e. The minimum atomic E-state index is -3.54. The Morgan fingerprint density at radius 2 is 1.56 bits per heavy atom. The lowest BCUT2D eigenvalue weighted by Crippen LogP contribution is -2.31. The lowest BCUT2D eigenvalue weighted by molar-refractivity contribution is -0.114. The number of hydrogen-bond donors (Lipinski definition) is 1. The summed E-state index contributed by atoms with van der Waals surface area (Å²) in [6, 6.07) is 17.2. The van der Waals surface area contributed by atoms with Gasteiger partial charge in [-0.1, -0.05) is 48.5 Å². The highest BCUT2D eigenvalue weighted by Gasteiger charge is 2.21. The average molecular weight is 386 g/mol. The number of nitrogens with zero attached hydrogens (tertiary/aromatic N) is 1. The van der Waals surface area contributed by atoms with Crippen LogP contribution >= 0.6 is 0 Å². The van der Waals surface area contributed by atoms with Crippen molar-refractivity contribution in [2.24, 2.45) is 4.36 Å². The molecule has 2 amide bonds. The number of hydrogen-bond acceptors (Lipinski definition) is 4. The number of carbonyl (C=O) groups is 2. The van der Waals surface area contributed by atoms with Crippen molar-refractivity contribution < 1.29 is 18.5 Å². The fraction of sp³-hybridized carbons (Fsp3) is 0.200. The zero-order valence-corrected chi connectivity index (χ0v) is 16.2. The first-order chi connectivity index (χ1) is 12.7. The molecule has 0 saturated heterocycles. The summed E-state index contributed by atoms with van der Waals surface area (Å²) in [6.07, 6.45) is 1.81. The van der Waals surface area contributed by atoms with Crippen LogP contribution in [0.25, 0.3) is 6.08 Å². The monoisotopic (exact) mass is 386 g/mol. The van der Waals surface area contributed by atoms with E-state index in [-0.39, 0.29) is 4.90 Å². The Morgan fingerprint density at radius 1 is 1.00 bits per heavy atom. The second-order valence-electron chi connectivity index (χ2n) is 6.62. The van der Waals surface area contributed by atoms with E-state index in [1.165, 1.54) is 18.2 Å². The van der Waals surface area contributed by atoms with Crippen molar-refractivity contribution in [1.82, 2.24) is 4.72 Å². The summed E-state index contributed by atoms with van der Waals surface area (Å²) in [6.45, 7) is 5.02. The lowest BCUT2D eigenvalue weighted by Gasteiger charge is -2.18. The Morgan fingerprint density at radius 3 is 2.11 bits per heavy atom. The van der Waals surface area contributed by atoms with Gasteiger partial charge in [0.1, 0.15) is 5.60 Å². The van der Waals surface area contributed by atoms with E-state index < -0.39 is 27.5 Å². The number of nitrogens with one attached hydrogen (secondary N) is 1. The predicted molar refractivity (Wildman–Crippen MR) is 105 cm³/mol. The highest BCUT2D eigenvalue weighted by atomic mass is 32.2. The van der Waals surface area contributed by atoms with Crippen molar-refractivity contribution in [3.63, 3.8) is 0 Å². The third kappa shape index (κ3) is 6.71. The fourth-order valence-corrected chi connectivity index (χ4v) is 3.41. The Hall–Kier alpha value is -2.93. The zero-order valence-electron chi connectivity index (χ0n) is 15.4. The molecule has 0 aliphatic carbocycles. The van der Waals surface area contributed by atoms with Crippen molar-refractivity contribution in [1.29, 1.82) is 0 Å². The summed E-state index contributed by atoms with van der Waals surface area (Å²) in [4.78, 5) is 24.6. The molecular formula is C20H22N2O4S. The molecule has 2 aromatic carbocycles. The van der Waals surface area contributed by atoms with Crippen LogP contribution in [-0.2, 0) is 19.4 Å². The van der Waals surface area contributed by atoms with Crippen LogP contribution in [0.3, 0.4) is 0 Å². The minimum absolute atomic E-state index is 0.206. The molecule has 142 valence electrons. The number of rotatable bonds is 4. The highest BCUT2D eigenvalue weighted by Crippen LogP contribution is 2.14. The van der Waals surface area contributed by atoms with Gasteiger partial charge >= 0.3 is 6.09 Å². The minimum Gasteiger partial charge on any atom is -0.442 e. The molecule has 27 heavy (non-hydrogen) atoms. The molecule has 7 heteroatoms. The maximum atomic E-state index is 13.3. The van der Waals surface area contributed by atoms with Crippen LogP contribution in [0.5, 0.6) is 0 Å². The molecule has 2 aromatic rings. The summed E-state index contributed by atoms with van der Waals surface area (Å²) in [5, 5.41) is 0. The van der Waals surface area contributed by atoms with Crippen molar-refractivity contribution in [2.45, 2.75) is 31.3 Å². The molecule has 1 N–H and O–H groups in total. The van der Waals surface area contributed by atoms with Gasteiger partial charge in [-0.05, 0) is 44.5 Å². The van der Waals surface area contributed by atoms with Gasteiger partial charge < -0.3 is 4.74 Å². The quantitative estimate of drug-likeness (QED) is 0.798. The number of benzene rings is 2. The van der Waals surface area contributed by atoms with E-state index in [9.17, 15) is 13.8 Å². The van der Waals surface area contributed by atoms with Gasteiger partial charge in [-0.25, -0.2) is 9.00 Å². The van der Waals surface area contributed by atoms with E-state index in [2.05, 4.69) is 9.08 Å². The van der Waals surface area contributed by atoms with Crippen LogP contribution in [0.2, 0.25) is 0 Å². The maximum Gasteiger partial charge on any atom is 0.444 e. The summed E-state index contributed by atoms with van der Waals surface area (Å²) in [5.41, 5.74) is 0.0115. The molecule has 0 saturated carbocycles. The maximum absolute atomic E-state index is 13.3. The van der Waals surface area contributed by atoms with Crippen LogP contribution in [0, 0.1) is 0 Å². The molecule has 0 heterocycles. The van der Waals surface area contributed by atoms with E-state index in [1.54, 1.807) is 45.0 Å². The third-order valence-electron chi connectivity index (χ3n) is 3.12. The van der Waals surface area contributed by atoms with Crippen LogP contribution < -0.4 is 4.72 Å². The molecule has 2 rings (SSSR count). The van der Waals surface area contributed by atoms with E-state index in [1.807, 2.05) is 30.3 Å². The number of ether oxygens (including phenoxy) is 1. The normalized spacial score (nSPS) is 13.6. The Kier molecular flexibility index (Phi) is 6.52. The second kappa shape index (κ2) is 8.64. The average Bonchev–Trinajstić information content (AvgIpc) is 2.60. The topological polar surface area (TPSA) is 84.8 Å². The Balaban J connectivity index is 2.31. The first kappa shape index (κ1) is 20.4. The van der Waals surface area contributed by atoms with Crippen LogP contribution in [0.15, 0.2) is 76.0 Å². The summed E-state index contributed by atoms with van der Waals surface area (Å²) in [5.74, 6) is -0.639. The first-order valence-corrected chi connectivity index (χ1v) is 9.79. The molecule has 0 spiro atoms. The SMILES string of the molecule is CC(C)(C)OC(=O)N=S(=O)(NC(=O)/C=C/c1ccccc1)c1ccccc1. The van der Waals surface area contributed by atoms with Crippen LogP contribution in [-0.4, -0.2) is 21.8 Å². The van der Waals surface area contributed by atoms with E-state index in [4.69, 9.17) is 4.74 Å². The van der Waals surface area contributed by atoms with Crippen molar-refractivity contribution in [3.05, 3.63) is 72.3 Å². The number of carbonyl (C=O) groups excluding carboxylic acids is 2. The molecule has 0 radical (unpaired) electrons. The summed E-state index contributed by atoms with van der Waals surface area (Å²) >= 11 is 0. The van der Waals surface area contributed by atoms with Crippen molar-refractivity contribution >= 4 is 28.0 Å². The second-order valence-corrected chi connectivity index (χ2v) is 8.53. The van der Waals surface area contributed by atoms with Gasteiger partial charge in [-0.2, -0.15) is 0 Å². The standard InChI is InChI=1S/C20H22N2O4S/c1-20(2,3)26-19(24)22-27(25,17-12-8-5-9-13-17)21-18(23)15-14-16-10-6-4-7-11-16/h4-15H,1-3H3,(H,21,22,23,24,25)/b15-14+. The number of amides is 2. The van der Waals surface area contributed by atoms with E-state index >= 15 is 0 Å². The molecule has 0 bridgehead atoms. The van der Waals surface area contributed by atoms with Gasteiger partial charge in [0.05, 0.1) is 4.90 Å². The molecule has 0 fully saturated rings. The van der Waals surface area contributed by atoms with Gasteiger partial charge in [0.25, 0.3) is 5.91 Å². The Labute approximate surface area is 159 Å². The fourth-order valence-electron chi connectivity index (χ4n) is 2.03. The molecule has 0 aliphatic rings. The van der Waals surface area contributed by atoms with Crippen LogP contribution in [0.4, 0.5) is 4.79 Å². The van der Waals surface area contributed by atoms with Crippen LogP contribution in [0.1, 0.15) is 26.3 Å². The smallest absolute Gasteiger partial charge is 0.442 e. The summed E-state index contributed by atoms with van der Waals surface area (Å²) in [7, 11) is -3.54. The van der Waals surface area contributed by atoms with Gasteiger partial charge in [0.2, 0.25) is 0 Å². The van der Waals surface area contributed by atoms with Gasteiger partial charge in [0, 0.05) is 6.08 Å². The third-order valence-corrected chi connectivity index (χ3v) is 4.92. The first-order valence-electron chi connectivity index (χ1n) is 8.28. The summed E-state index contributed by atoms with van der Waals surface area (Å²) < 4.78 is 24.4. The van der Waals surface area contributed by atoms with Gasteiger partial charge in [-0.15, -0.1) is 4.36 Å². The Bertz CT molecular complexity index is 939. The molecular weight excluding hydrogens is 364 g/mol. The molecule has 0 aromatic heterocycles. The molecule has 0 aliphatic heterocycles. The highest BCUT2D eigenvalue weighted by molar-refractivity contribution is 7.92. The van der Waals surface area contributed by atoms with Gasteiger partial charge in [0.15, 0.2) is 9.92 Å². The van der Waals surface area contributed by atoms with Crippen molar-refractivity contribution in [3.8, 4) is 0 Å². The van der Waals surface area contributed by atoms with Gasteiger partial charge in [-0.3, -0.25) is 9.52 Å². The van der Waals surface area contributed by atoms with E-state index in [0.29, 0.717) is 0 Å². The van der Waals surface area contributed by atoms with E-state index in [0.717, 1.165) is 5.56 Å². The predicted octanol–water partition coefficient (Wildman–Crippen LogP) is 4.19. The van der Waals surface area contributed by atoms with Crippen molar-refractivity contribution in [2.75, 3.05) is 0 Å². The molecule has 6 nitrogen and oxygen atoms in total. The molecule has 1 unspecified atom stereocenters. The zero-order chi connectivity index (χ0) is 19.9. The molecule has 1 atom stereocenters.